The normalized spacial score (nSPS) is 23.1. The first-order valence-corrected chi connectivity index (χ1v) is 11.5. The van der Waals surface area contributed by atoms with Gasteiger partial charge in [0.2, 0.25) is 10.0 Å². The molecule has 0 aromatic heterocycles. The van der Waals surface area contributed by atoms with Crippen LogP contribution in [-0.4, -0.2) is 68.2 Å². The monoisotopic (exact) mass is 410 g/mol. The molecule has 2 heterocycles. The zero-order valence-electron chi connectivity index (χ0n) is 17.1. The van der Waals surface area contributed by atoms with Gasteiger partial charge in [0, 0.05) is 25.3 Å². The van der Waals surface area contributed by atoms with E-state index in [0.717, 1.165) is 18.6 Å². The topological polar surface area (TPSA) is 88.1 Å². The van der Waals surface area contributed by atoms with E-state index in [9.17, 15) is 13.5 Å². The first-order chi connectivity index (χ1) is 13.0. The van der Waals surface area contributed by atoms with Gasteiger partial charge in [-0.05, 0) is 58.1 Å². The fraction of sp³-hybridized carbons (Fsp3) is 0.684. The predicted octanol–water partition coefficient (Wildman–Crippen LogP) is 1.18. The van der Waals surface area contributed by atoms with Crippen molar-refractivity contribution in [2.45, 2.75) is 57.8 Å². The number of piperidine rings is 1. The minimum absolute atomic E-state index is 0.0177. The molecule has 2 fully saturated rings. The summed E-state index contributed by atoms with van der Waals surface area (Å²) in [6.45, 7) is 9.86. The van der Waals surface area contributed by atoms with Crippen molar-refractivity contribution in [1.29, 1.82) is 0 Å². The van der Waals surface area contributed by atoms with Gasteiger partial charge in [-0.1, -0.05) is 12.1 Å². The predicted molar refractivity (Wildman–Crippen MR) is 111 cm³/mol. The van der Waals surface area contributed by atoms with Crippen LogP contribution in [0.5, 0.6) is 0 Å². The summed E-state index contributed by atoms with van der Waals surface area (Å²) in [5, 5.41) is 9.55. The van der Waals surface area contributed by atoms with Crippen LogP contribution in [0.15, 0.2) is 24.3 Å². The molecule has 2 saturated heterocycles. The van der Waals surface area contributed by atoms with Gasteiger partial charge >= 0.3 is 7.12 Å². The van der Waals surface area contributed by atoms with E-state index in [1.807, 2.05) is 33.8 Å². The lowest BCUT2D eigenvalue weighted by Gasteiger charge is -2.32. The molecular formula is C19H31BN2O5S. The molecule has 2 N–H and O–H groups in total. The van der Waals surface area contributed by atoms with Crippen LogP contribution < -0.4 is 10.2 Å². The van der Waals surface area contributed by atoms with Crippen molar-refractivity contribution in [1.82, 2.24) is 4.90 Å². The summed E-state index contributed by atoms with van der Waals surface area (Å²) >= 11 is 0. The molecule has 0 unspecified atom stereocenters. The summed E-state index contributed by atoms with van der Waals surface area (Å²) in [4.78, 5) is 2.08. The highest BCUT2D eigenvalue weighted by Crippen LogP contribution is 2.36. The average Bonchev–Trinajstić information content (AvgIpc) is 2.82. The molecule has 0 amide bonds. The Bertz CT molecular complexity index is 775. The zero-order chi connectivity index (χ0) is 20.6. The van der Waals surface area contributed by atoms with E-state index in [0.29, 0.717) is 25.1 Å². The van der Waals surface area contributed by atoms with Crippen molar-refractivity contribution in [2.24, 2.45) is 0 Å². The number of sulfonamides is 1. The average molecular weight is 410 g/mol. The second-order valence-corrected chi connectivity index (χ2v) is 10.5. The SMILES string of the molecule is CC1(C)OB(c2cccc(NS(=O)(=O)CCN3CCC(O)CC3)c2)OC1(C)C. The Morgan fingerprint density at radius 2 is 1.79 bits per heavy atom. The zero-order valence-corrected chi connectivity index (χ0v) is 18.0. The van der Waals surface area contributed by atoms with Gasteiger partial charge in [-0.2, -0.15) is 0 Å². The highest BCUT2D eigenvalue weighted by atomic mass is 32.2. The number of nitrogens with one attached hydrogen (secondary N) is 1. The van der Waals surface area contributed by atoms with Crippen LogP contribution in [0.3, 0.4) is 0 Å². The van der Waals surface area contributed by atoms with Crippen molar-refractivity contribution >= 4 is 28.3 Å². The smallest absolute Gasteiger partial charge is 0.399 e. The Balaban J connectivity index is 1.61. The highest BCUT2D eigenvalue weighted by molar-refractivity contribution is 7.92. The summed E-state index contributed by atoms with van der Waals surface area (Å²) in [6.07, 6.45) is 1.14. The lowest BCUT2D eigenvalue weighted by atomic mass is 9.79. The number of hydrogen-bond acceptors (Lipinski definition) is 6. The molecule has 2 aliphatic heterocycles. The van der Waals surface area contributed by atoms with Crippen molar-refractivity contribution in [3.05, 3.63) is 24.3 Å². The van der Waals surface area contributed by atoms with Crippen LogP contribution in [0.1, 0.15) is 40.5 Å². The molecule has 3 rings (SSSR count). The number of aliphatic hydroxyl groups is 1. The van der Waals surface area contributed by atoms with E-state index in [-0.39, 0.29) is 11.9 Å². The first-order valence-electron chi connectivity index (χ1n) is 9.84. The van der Waals surface area contributed by atoms with Crippen LogP contribution in [0.25, 0.3) is 0 Å². The molecule has 0 spiro atoms. The highest BCUT2D eigenvalue weighted by Gasteiger charge is 2.51. The van der Waals surface area contributed by atoms with Gasteiger partial charge in [-0.25, -0.2) is 8.42 Å². The van der Waals surface area contributed by atoms with Crippen LogP contribution in [0.4, 0.5) is 5.69 Å². The van der Waals surface area contributed by atoms with E-state index in [1.165, 1.54) is 0 Å². The first kappa shape index (κ1) is 21.6. The third-order valence-corrected chi connectivity index (χ3v) is 7.19. The Morgan fingerprint density at radius 1 is 1.18 bits per heavy atom. The van der Waals surface area contributed by atoms with Gasteiger partial charge < -0.3 is 19.3 Å². The maximum absolute atomic E-state index is 12.5. The van der Waals surface area contributed by atoms with Crippen molar-refractivity contribution in [3.63, 3.8) is 0 Å². The van der Waals surface area contributed by atoms with Gasteiger partial charge in [0.15, 0.2) is 0 Å². The van der Waals surface area contributed by atoms with Gasteiger partial charge in [0.25, 0.3) is 0 Å². The third kappa shape index (κ3) is 5.07. The van der Waals surface area contributed by atoms with Crippen LogP contribution in [-0.2, 0) is 19.3 Å². The summed E-state index contributed by atoms with van der Waals surface area (Å²) in [5.41, 5.74) is 0.384. The maximum Gasteiger partial charge on any atom is 0.494 e. The standard InChI is InChI=1S/C19H31BN2O5S/c1-18(2)19(3,4)27-20(26-18)15-6-5-7-16(14-15)21-28(24,25)13-12-22-10-8-17(23)9-11-22/h5-7,14,17,21,23H,8-13H2,1-4H3. The quantitative estimate of drug-likeness (QED) is 0.685. The molecule has 0 atom stereocenters. The number of nitrogens with zero attached hydrogens (tertiary/aromatic N) is 1. The van der Waals surface area contributed by atoms with E-state index >= 15 is 0 Å². The fourth-order valence-corrected chi connectivity index (χ4v) is 4.44. The van der Waals surface area contributed by atoms with Crippen LogP contribution >= 0.6 is 0 Å². The molecule has 2 aliphatic rings. The number of anilines is 1. The van der Waals surface area contributed by atoms with Gasteiger partial charge in [0.1, 0.15) is 0 Å². The number of rotatable bonds is 6. The number of aliphatic hydroxyl groups excluding tert-OH is 1. The van der Waals surface area contributed by atoms with Gasteiger partial charge in [0.05, 0.1) is 23.1 Å². The molecular weight excluding hydrogens is 379 g/mol. The summed E-state index contributed by atoms with van der Waals surface area (Å²) in [5.74, 6) is 0.0177. The number of benzene rings is 1. The van der Waals surface area contributed by atoms with Crippen molar-refractivity contribution < 1.29 is 22.8 Å². The molecule has 0 aliphatic carbocycles. The van der Waals surface area contributed by atoms with Crippen LogP contribution in [0, 0.1) is 0 Å². The van der Waals surface area contributed by atoms with E-state index in [2.05, 4.69) is 9.62 Å². The number of likely N-dealkylation sites (tertiary alicyclic amines) is 1. The second kappa shape index (κ2) is 7.95. The van der Waals surface area contributed by atoms with Crippen molar-refractivity contribution in [3.8, 4) is 0 Å². The lowest BCUT2D eigenvalue weighted by molar-refractivity contribution is 0.00578. The Hall–Kier alpha value is -1.13. The van der Waals surface area contributed by atoms with Crippen LogP contribution in [0.2, 0.25) is 0 Å². The largest absolute Gasteiger partial charge is 0.494 e. The fourth-order valence-electron chi connectivity index (χ4n) is 3.35. The Kier molecular flexibility index (Phi) is 6.13. The second-order valence-electron chi connectivity index (χ2n) is 8.71. The molecule has 0 saturated carbocycles. The minimum Gasteiger partial charge on any atom is -0.399 e. The number of hydrogen-bond donors (Lipinski definition) is 2. The Labute approximate surface area is 168 Å². The molecule has 0 bridgehead atoms. The molecule has 1 aromatic rings. The summed E-state index contributed by atoms with van der Waals surface area (Å²) < 4.78 is 39.7. The summed E-state index contributed by atoms with van der Waals surface area (Å²) in [7, 11) is -4.00. The van der Waals surface area contributed by atoms with E-state index in [4.69, 9.17) is 9.31 Å². The molecule has 9 heteroatoms. The van der Waals surface area contributed by atoms with Gasteiger partial charge in [-0.15, -0.1) is 0 Å². The van der Waals surface area contributed by atoms with E-state index in [1.54, 1.807) is 18.2 Å². The van der Waals surface area contributed by atoms with E-state index < -0.39 is 28.3 Å². The maximum atomic E-state index is 12.5. The van der Waals surface area contributed by atoms with Crippen molar-refractivity contribution in [2.75, 3.05) is 30.1 Å². The molecule has 0 radical (unpaired) electrons. The molecule has 7 nitrogen and oxygen atoms in total. The molecule has 156 valence electrons. The van der Waals surface area contributed by atoms with Gasteiger partial charge in [-0.3, -0.25) is 4.72 Å². The summed E-state index contributed by atoms with van der Waals surface area (Å²) in [6, 6.07) is 7.16. The molecule has 28 heavy (non-hydrogen) atoms. The third-order valence-electron chi connectivity index (χ3n) is 5.92. The Morgan fingerprint density at radius 3 is 2.39 bits per heavy atom. The molecule has 1 aromatic carbocycles. The lowest BCUT2D eigenvalue weighted by Crippen LogP contribution is -2.41. The minimum atomic E-state index is -3.47.